The summed E-state index contributed by atoms with van der Waals surface area (Å²) in [5, 5.41) is 40.4. The van der Waals surface area contributed by atoms with E-state index in [4.69, 9.17) is 29.4 Å². The van der Waals surface area contributed by atoms with Gasteiger partial charge in [0.25, 0.3) is 11.8 Å². The number of amides is 5. The number of unbranched alkanes of at least 4 members (excludes halogenated alkanes) is 1. The third-order valence-electron chi connectivity index (χ3n) is 9.97. The minimum atomic E-state index is -1.39. The van der Waals surface area contributed by atoms with Gasteiger partial charge in [-0.25, -0.2) is 5.43 Å². The summed E-state index contributed by atoms with van der Waals surface area (Å²) in [5.41, 5.74) is 12.8. The van der Waals surface area contributed by atoms with Crippen molar-refractivity contribution in [1.29, 1.82) is 0 Å². The molecule has 0 bridgehead atoms. The number of carbonyl (C=O) groups is 6. The molecular weight excluding hydrogens is 851 g/mol. The van der Waals surface area contributed by atoms with Crippen LogP contribution in [-0.2, 0) is 42.9 Å². The Morgan fingerprint density at radius 1 is 0.692 bits per heavy atom. The molecule has 0 spiro atoms. The molecule has 11 N–H and O–H groups in total. The first-order valence-electron chi connectivity index (χ1n) is 21.9. The Labute approximate surface area is 379 Å². The molecule has 0 radical (unpaired) electrons. The van der Waals surface area contributed by atoms with Crippen LogP contribution < -0.4 is 42.6 Å². The summed E-state index contributed by atoms with van der Waals surface area (Å²) in [6, 6.07) is 13.6. The number of carbonyl (C=O) groups excluding carboxylic acids is 6. The van der Waals surface area contributed by atoms with Crippen molar-refractivity contribution in [2.75, 3.05) is 72.4 Å². The summed E-state index contributed by atoms with van der Waals surface area (Å²) >= 11 is 0. The second-order valence-corrected chi connectivity index (χ2v) is 15.2. The molecule has 21 heteroatoms. The monoisotopic (exact) mass is 917 g/mol. The number of aliphatic hydroxyl groups excluding tert-OH is 3. The van der Waals surface area contributed by atoms with E-state index in [-0.39, 0.29) is 120 Å². The molecule has 21 nitrogen and oxygen atoms in total. The summed E-state index contributed by atoms with van der Waals surface area (Å²) in [6.07, 6.45) is -2.98. The number of Topliss-reactive ketones (excluding diaryl/α,β-unsaturated/α-hetero) is 1. The molecule has 0 aromatic heterocycles. The smallest absolute Gasteiger partial charge is 0.258 e. The van der Waals surface area contributed by atoms with E-state index in [0.29, 0.717) is 30.7 Å². The summed E-state index contributed by atoms with van der Waals surface area (Å²) in [6.45, 7) is 5.03. The normalized spacial score (nSPS) is 18.5. The van der Waals surface area contributed by atoms with Crippen LogP contribution in [0.3, 0.4) is 0 Å². The standard InChI is InChI=1S/C44H67N7O14/c1-29(52)35(9-3-4-17-45)50-51-38(55)11-6-10-36(53)46-18-19-49-43(60)33-8-5-7-32(27-33)31-12-14-34(15-13-31)64-28-39(56)48-21-23-61-22-16-37(54)47-20-24-62-25-26-63-44-42(59)41(58)40(57)30(2)65-44/h5,7-8,12-15,27,30,35,40-42,44,50,57-59H,3-4,6,9-11,16-26,28,45H2,1-2H3,(H,46,53)(H,47,54)(H,48,56)(H,49,60)(H,51,55)/t30-,35-,40-,41+,42+,44+/m0/s1. The van der Waals surface area contributed by atoms with Crippen molar-refractivity contribution in [3.63, 3.8) is 0 Å². The number of nitrogens with two attached hydrogens (primary N) is 1. The van der Waals surface area contributed by atoms with E-state index < -0.39 is 36.7 Å². The Kier molecular flexibility index (Phi) is 25.8. The average molecular weight is 918 g/mol. The predicted molar refractivity (Wildman–Crippen MR) is 236 cm³/mol. The lowest BCUT2D eigenvalue weighted by atomic mass is 10.0. The number of hydrazine groups is 1. The lowest BCUT2D eigenvalue weighted by Gasteiger charge is -2.38. The number of hydrogen-bond acceptors (Lipinski definition) is 16. The fraction of sp³-hybridized carbons (Fsp3) is 0.591. The molecule has 65 heavy (non-hydrogen) atoms. The molecule has 362 valence electrons. The Balaban J connectivity index is 1.19. The Morgan fingerprint density at radius 3 is 2.08 bits per heavy atom. The number of rotatable bonds is 32. The molecule has 0 unspecified atom stereocenters. The van der Waals surface area contributed by atoms with Crippen molar-refractivity contribution in [2.24, 2.45) is 5.73 Å². The van der Waals surface area contributed by atoms with Crippen LogP contribution in [0.15, 0.2) is 48.5 Å². The van der Waals surface area contributed by atoms with Gasteiger partial charge in [0.2, 0.25) is 17.7 Å². The fourth-order valence-electron chi connectivity index (χ4n) is 6.22. The van der Waals surface area contributed by atoms with Gasteiger partial charge in [0.1, 0.15) is 29.8 Å². The second-order valence-electron chi connectivity index (χ2n) is 15.2. The molecule has 2 aromatic carbocycles. The van der Waals surface area contributed by atoms with Crippen LogP contribution in [0.2, 0.25) is 0 Å². The highest BCUT2D eigenvalue weighted by Crippen LogP contribution is 2.24. The van der Waals surface area contributed by atoms with E-state index in [9.17, 15) is 44.1 Å². The topological polar surface area (TPSA) is 307 Å². The van der Waals surface area contributed by atoms with Crippen molar-refractivity contribution in [3.8, 4) is 16.9 Å². The van der Waals surface area contributed by atoms with Gasteiger partial charge in [0.05, 0.1) is 45.2 Å². The minimum Gasteiger partial charge on any atom is -0.484 e. The van der Waals surface area contributed by atoms with Crippen molar-refractivity contribution >= 4 is 35.3 Å². The van der Waals surface area contributed by atoms with Crippen LogP contribution in [0.4, 0.5) is 0 Å². The molecule has 3 rings (SSSR count). The van der Waals surface area contributed by atoms with Crippen LogP contribution in [0.5, 0.6) is 5.75 Å². The lowest BCUT2D eigenvalue weighted by Crippen LogP contribution is -2.57. The largest absolute Gasteiger partial charge is 0.484 e. The number of ether oxygens (including phenoxy) is 5. The van der Waals surface area contributed by atoms with Crippen LogP contribution in [0, 0.1) is 0 Å². The maximum Gasteiger partial charge on any atom is 0.258 e. The lowest BCUT2D eigenvalue weighted by molar-refractivity contribution is -0.294. The SMILES string of the molecule is CC(=O)[C@H](CCCCN)NNC(=O)CCCC(=O)NCCNC(=O)c1cccc(-c2ccc(OCC(=O)NCCOCCC(=O)NCCOCCO[C@@H]3O[C@@H](C)[C@H](O)[C@@H](O)[C@H]3O)cc2)c1. The Morgan fingerprint density at radius 2 is 1.35 bits per heavy atom. The van der Waals surface area contributed by atoms with E-state index in [1.165, 1.54) is 6.92 Å². The molecule has 1 heterocycles. The van der Waals surface area contributed by atoms with Gasteiger partial charge in [-0.2, -0.15) is 0 Å². The van der Waals surface area contributed by atoms with E-state index in [1.54, 1.807) is 37.3 Å². The third-order valence-corrected chi connectivity index (χ3v) is 9.97. The van der Waals surface area contributed by atoms with Crippen molar-refractivity contribution in [2.45, 2.75) is 95.5 Å². The van der Waals surface area contributed by atoms with Crippen LogP contribution >= 0.6 is 0 Å². The second kappa shape index (κ2) is 30.9. The highest BCUT2D eigenvalue weighted by molar-refractivity contribution is 5.95. The zero-order valence-electron chi connectivity index (χ0n) is 37.2. The van der Waals surface area contributed by atoms with Gasteiger partial charge in [-0.3, -0.25) is 34.2 Å². The van der Waals surface area contributed by atoms with E-state index >= 15 is 0 Å². The van der Waals surface area contributed by atoms with Gasteiger partial charge in [0.15, 0.2) is 12.9 Å². The maximum atomic E-state index is 12.8. The van der Waals surface area contributed by atoms with Gasteiger partial charge in [-0.05, 0) is 75.0 Å². The zero-order valence-corrected chi connectivity index (χ0v) is 37.2. The van der Waals surface area contributed by atoms with Crippen LogP contribution in [0.1, 0.15) is 69.2 Å². The highest BCUT2D eigenvalue weighted by Gasteiger charge is 2.42. The first-order chi connectivity index (χ1) is 31.3. The van der Waals surface area contributed by atoms with Crippen molar-refractivity contribution in [3.05, 3.63) is 54.1 Å². The Bertz CT molecular complexity index is 1770. The van der Waals surface area contributed by atoms with Gasteiger partial charge in [-0.1, -0.05) is 30.7 Å². The maximum absolute atomic E-state index is 12.8. The molecule has 1 aliphatic heterocycles. The number of hydrogen-bond donors (Lipinski definition) is 10. The predicted octanol–water partition coefficient (Wildman–Crippen LogP) is -1.04. The Hall–Kier alpha value is -5.10. The quantitative estimate of drug-likeness (QED) is 0.0310. The van der Waals surface area contributed by atoms with E-state index in [0.717, 1.165) is 24.0 Å². The van der Waals surface area contributed by atoms with Gasteiger partial charge in [0, 0.05) is 51.0 Å². The summed E-state index contributed by atoms with van der Waals surface area (Å²) in [7, 11) is 0. The third kappa shape index (κ3) is 21.6. The fourth-order valence-corrected chi connectivity index (χ4v) is 6.22. The molecule has 1 saturated heterocycles. The van der Waals surface area contributed by atoms with Gasteiger partial charge in [-0.15, -0.1) is 0 Å². The number of ketones is 1. The molecule has 0 saturated carbocycles. The van der Waals surface area contributed by atoms with E-state index in [1.807, 2.05) is 18.2 Å². The molecular formula is C44H67N7O14. The average Bonchev–Trinajstić information content (AvgIpc) is 3.29. The van der Waals surface area contributed by atoms with Crippen LogP contribution in [-0.4, -0.2) is 160 Å². The summed E-state index contributed by atoms with van der Waals surface area (Å²) < 4.78 is 27.1. The number of aliphatic hydroxyl groups is 3. The van der Waals surface area contributed by atoms with E-state index in [2.05, 4.69) is 32.1 Å². The number of nitrogens with one attached hydrogen (secondary N) is 6. The highest BCUT2D eigenvalue weighted by atomic mass is 16.7. The molecule has 5 amide bonds. The van der Waals surface area contributed by atoms with Gasteiger partial charge < -0.3 is 66.0 Å². The van der Waals surface area contributed by atoms with Gasteiger partial charge >= 0.3 is 0 Å². The molecule has 0 aliphatic carbocycles. The molecule has 2 aromatic rings. The first-order valence-corrected chi connectivity index (χ1v) is 21.9. The molecule has 1 fully saturated rings. The van der Waals surface area contributed by atoms with Crippen molar-refractivity contribution < 1.29 is 67.8 Å². The summed E-state index contributed by atoms with van der Waals surface area (Å²) in [4.78, 5) is 73.3. The number of benzene rings is 2. The molecule has 6 atom stereocenters. The van der Waals surface area contributed by atoms with Crippen LogP contribution in [0.25, 0.3) is 11.1 Å². The van der Waals surface area contributed by atoms with Crippen molar-refractivity contribution in [1.82, 2.24) is 32.1 Å². The summed E-state index contributed by atoms with van der Waals surface area (Å²) in [5.74, 6) is -1.08. The molecule has 1 aliphatic rings. The first kappa shape index (κ1) is 54.2. The minimum absolute atomic E-state index is 0.0709. The zero-order chi connectivity index (χ0) is 47.4.